The highest BCUT2D eigenvalue weighted by Gasteiger charge is 2.46. The standard InChI is InChI=1S/C12H18O3/c1-2-15-12(14)10-7-8-5-3-4-6-9(8)11(10)13/h8-10H,2-7H2,1H3. The van der Waals surface area contributed by atoms with Gasteiger partial charge in [0.15, 0.2) is 0 Å². The van der Waals surface area contributed by atoms with Crippen molar-refractivity contribution in [2.45, 2.75) is 39.0 Å². The molecule has 2 rings (SSSR count). The molecule has 2 aliphatic rings. The summed E-state index contributed by atoms with van der Waals surface area (Å²) in [4.78, 5) is 23.5. The zero-order valence-corrected chi connectivity index (χ0v) is 9.20. The van der Waals surface area contributed by atoms with Crippen molar-refractivity contribution < 1.29 is 14.3 Å². The second-order valence-corrected chi connectivity index (χ2v) is 4.59. The van der Waals surface area contributed by atoms with Crippen LogP contribution in [0.5, 0.6) is 0 Å². The highest BCUT2D eigenvalue weighted by molar-refractivity contribution is 6.02. The molecule has 3 heteroatoms. The van der Waals surface area contributed by atoms with Gasteiger partial charge < -0.3 is 4.74 Å². The minimum Gasteiger partial charge on any atom is -0.465 e. The summed E-state index contributed by atoms with van der Waals surface area (Å²) < 4.78 is 4.94. The van der Waals surface area contributed by atoms with Gasteiger partial charge in [-0.1, -0.05) is 12.8 Å². The van der Waals surface area contributed by atoms with Gasteiger partial charge in [0.1, 0.15) is 11.7 Å². The highest BCUT2D eigenvalue weighted by atomic mass is 16.5. The number of rotatable bonds is 2. The molecule has 3 nitrogen and oxygen atoms in total. The van der Waals surface area contributed by atoms with Gasteiger partial charge in [0.25, 0.3) is 0 Å². The molecule has 0 saturated heterocycles. The van der Waals surface area contributed by atoms with Crippen LogP contribution in [-0.2, 0) is 14.3 Å². The molecule has 0 radical (unpaired) electrons. The van der Waals surface area contributed by atoms with Gasteiger partial charge in [-0.2, -0.15) is 0 Å². The van der Waals surface area contributed by atoms with Gasteiger partial charge in [0.05, 0.1) is 6.61 Å². The number of hydrogen-bond donors (Lipinski definition) is 0. The van der Waals surface area contributed by atoms with Crippen LogP contribution in [0.3, 0.4) is 0 Å². The topological polar surface area (TPSA) is 43.4 Å². The van der Waals surface area contributed by atoms with Crippen LogP contribution in [0.1, 0.15) is 39.0 Å². The Kier molecular flexibility index (Phi) is 3.08. The van der Waals surface area contributed by atoms with Crippen LogP contribution >= 0.6 is 0 Å². The molecule has 0 heterocycles. The zero-order valence-electron chi connectivity index (χ0n) is 9.20. The molecule has 2 saturated carbocycles. The van der Waals surface area contributed by atoms with E-state index in [9.17, 15) is 9.59 Å². The van der Waals surface area contributed by atoms with Crippen molar-refractivity contribution in [2.75, 3.05) is 6.61 Å². The molecular weight excluding hydrogens is 192 g/mol. The normalized spacial score (nSPS) is 35.0. The number of hydrogen-bond acceptors (Lipinski definition) is 3. The van der Waals surface area contributed by atoms with Crippen molar-refractivity contribution in [2.24, 2.45) is 17.8 Å². The number of fused-ring (bicyclic) bond motifs is 1. The number of ether oxygens (including phenoxy) is 1. The Bertz CT molecular complexity index is 272. The summed E-state index contributed by atoms with van der Waals surface area (Å²) in [6.45, 7) is 2.16. The summed E-state index contributed by atoms with van der Waals surface area (Å²) in [5.74, 6) is 0.0295. The maximum Gasteiger partial charge on any atom is 0.316 e. The Morgan fingerprint density at radius 3 is 2.80 bits per heavy atom. The Morgan fingerprint density at radius 1 is 1.40 bits per heavy atom. The van der Waals surface area contributed by atoms with Gasteiger partial charge in [-0.3, -0.25) is 9.59 Å². The molecule has 0 aliphatic heterocycles. The van der Waals surface area contributed by atoms with Gasteiger partial charge >= 0.3 is 5.97 Å². The maximum absolute atomic E-state index is 12.0. The van der Waals surface area contributed by atoms with Crippen LogP contribution < -0.4 is 0 Å². The van der Waals surface area contributed by atoms with Crippen LogP contribution in [-0.4, -0.2) is 18.4 Å². The molecule has 2 fully saturated rings. The minimum absolute atomic E-state index is 0.151. The monoisotopic (exact) mass is 210 g/mol. The zero-order chi connectivity index (χ0) is 10.8. The molecule has 2 aliphatic carbocycles. The number of Topliss-reactive ketones (excluding diaryl/α,β-unsaturated/α-hetero) is 1. The molecule has 3 atom stereocenters. The summed E-state index contributed by atoms with van der Waals surface area (Å²) in [6, 6.07) is 0. The number of ketones is 1. The summed E-state index contributed by atoms with van der Waals surface area (Å²) in [7, 11) is 0. The van der Waals surface area contributed by atoms with Crippen LogP contribution in [0.4, 0.5) is 0 Å². The molecule has 0 spiro atoms. The first-order valence-electron chi connectivity index (χ1n) is 5.94. The minimum atomic E-state index is -0.446. The molecule has 0 aromatic carbocycles. The second-order valence-electron chi connectivity index (χ2n) is 4.59. The molecular formula is C12H18O3. The van der Waals surface area contributed by atoms with E-state index in [2.05, 4.69) is 0 Å². The second kappa shape index (κ2) is 4.33. The maximum atomic E-state index is 12.0. The molecule has 0 aromatic heterocycles. The van der Waals surface area contributed by atoms with E-state index in [0.29, 0.717) is 12.5 Å². The molecule has 0 bridgehead atoms. The van der Waals surface area contributed by atoms with E-state index in [0.717, 1.165) is 25.7 Å². The van der Waals surface area contributed by atoms with Gasteiger partial charge in [0.2, 0.25) is 0 Å². The largest absolute Gasteiger partial charge is 0.465 e. The SMILES string of the molecule is CCOC(=O)C1CC2CCCCC2C1=O. The Labute approximate surface area is 90.2 Å². The summed E-state index contributed by atoms with van der Waals surface area (Å²) in [5, 5.41) is 0. The van der Waals surface area contributed by atoms with Crippen molar-refractivity contribution >= 4 is 11.8 Å². The first kappa shape index (κ1) is 10.7. The van der Waals surface area contributed by atoms with E-state index >= 15 is 0 Å². The number of carbonyl (C=O) groups excluding carboxylic acids is 2. The van der Waals surface area contributed by atoms with Crippen LogP contribution in [0, 0.1) is 17.8 Å². The summed E-state index contributed by atoms with van der Waals surface area (Å²) in [6.07, 6.45) is 5.19. The lowest BCUT2D eigenvalue weighted by Gasteiger charge is -2.22. The van der Waals surface area contributed by atoms with E-state index in [1.54, 1.807) is 6.92 Å². The van der Waals surface area contributed by atoms with Crippen molar-refractivity contribution in [3.63, 3.8) is 0 Å². The molecule has 0 aromatic rings. The lowest BCUT2D eigenvalue weighted by atomic mass is 9.81. The third kappa shape index (κ3) is 1.92. The van der Waals surface area contributed by atoms with Crippen LogP contribution in [0.25, 0.3) is 0 Å². The van der Waals surface area contributed by atoms with E-state index in [1.807, 2.05) is 0 Å². The molecule has 0 N–H and O–H groups in total. The molecule has 84 valence electrons. The lowest BCUT2D eigenvalue weighted by molar-refractivity contribution is -0.150. The van der Waals surface area contributed by atoms with Crippen LogP contribution in [0.2, 0.25) is 0 Å². The van der Waals surface area contributed by atoms with Crippen LogP contribution in [0.15, 0.2) is 0 Å². The Hall–Kier alpha value is -0.860. The van der Waals surface area contributed by atoms with Crippen molar-refractivity contribution in [1.29, 1.82) is 0 Å². The summed E-state index contributed by atoms with van der Waals surface area (Å²) >= 11 is 0. The lowest BCUT2D eigenvalue weighted by Crippen LogP contribution is -2.25. The van der Waals surface area contributed by atoms with Gasteiger partial charge in [0, 0.05) is 5.92 Å². The smallest absolute Gasteiger partial charge is 0.316 e. The van der Waals surface area contributed by atoms with Gasteiger partial charge in [-0.25, -0.2) is 0 Å². The van der Waals surface area contributed by atoms with Crippen molar-refractivity contribution in [1.82, 2.24) is 0 Å². The average Bonchev–Trinajstić information content (AvgIpc) is 2.57. The third-order valence-electron chi connectivity index (χ3n) is 3.73. The summed E-state index contributed by atoms with van der Waals surface area (Å²) in [5.41, 5.74) is 0. The van der Waals surface area contributed by atoms with Crippen molar-refractivity contribution in [3.8, 4) is 0 Å². The fourth-order valence-corrected chi connectivity index (χ4v) is 3.00. The highest BCUT2D eigenvalue weighted by Crippen LogP contribution is 2.43. The molecule has 3 unspecified atom stereocenters. The predicted molar refractivity (Wildman–Crippen MR) is 55.2 cm³/mol. The predicted octanol–water partition coefficient (Wildman–Crippen LogP) is 1.94. The number of carbonyl (C=O) groups is 2. The van der Waals surface area contributed by atoms with Crippen molar-refractivity contribution in [3.05, 3.63) is 0 Å². The first-order valence-corrected chi connectivity index (χ1v) is 5.94. The third-order valence-corrected chi connectivity index (χ3v) is 3.73. The van der Waals surface area contributed by atoms with Gasteiger partial charge in [-0.05, 0) is 32.1 Å². The Morgan fingerprint density at radius 2 is 2.13 bits per heavy atom. The van der Waals surface area contributed by atoms with E-state index < -0.39 is 5.92 Å². The Balaban J connectivity index is 2.04. The number of esters is 1. The van der Waals surface area contributed by atoms with Gasteiger partial charge in [-0.15, -0.1) is 0 Å². The molecule has 15 heavy (non-hydrogen) atoms. The first-order chi connectivity index (χ1) is 7.24. The fraction of sp³-hybridized carbons (Fsp3) is 0.833. The van der Waals surface area contributed by atoms with E-state index in [1.165, 1.54) is 6.42 Å². The fourth-order valence-electron chi connectivity index (χ4n) is 3.00. The molecule has 0 amide bonds. The average molecular weight is 210 g/mol. The van der Waals surface area contributed by atoms with E-state index in [4.69, 9.17) is 4.74 Å². The quantitative estimate of drug-likeness (QED) is 0.517. The van der Waals surface area contributed by atoms with E-state index in [-0.39, 0.29) is 17.7 Å².